The molecule has 0 spiro atoms. The lowest BCUT2D eigenvalue weighted by Gasteiger charge is -2.12. The molecule has 0 aromatic heterocycles. The molecule has 1 aliphatic heterocycles. The number of thioether (sulfide) groups is 1. The highest BCUT2D eigenvalue weighted by atomic mass is 35.5. The molecule has 0 radical (unpaired) electrons. The number of benzene rings is 1. The van der Waals surface area contributed by atoms with Crippen LogP contribution < -0.4 is 16.1 Å². The summed E-state index contributed by atoms with van der Waals surface area (Å²) in [5.41, 5.74) is 0.972. The van der Waals surface area contributed by atoms with E-state index in [2.05, 4.69) is 21.2 Å². The number of amides is 3. The molecule has 3 amide bonds. The highest BCUT2D eigenvalue weighted by Gasteiger charge is 2.34. The summed E-state index contributed by atoms with van der Waals surface area (Å²) in [6, 6.07) is 2.96. The van der Waals surface area contributed by atoms with Gasteiger partial charge in [-0.15, -0.1) is 5.10 Å². The van der Waals surface area contributed by atoms with Gasteiger partial charge < -0.3 is 10.6 Å². The van der Waals surface area contributed by atoms with Crippen molar-refractivity contribution in [1.29, 1.82) is 0 Å². The normalized spacial score (nSPS) is 18.6. The van der Waals surface area contributed by atoms with E-state index in [9.17, 15) is 27.6 Å². The Balaban J connectivity index is 2.00. The number of anilines is 1. The zero-order chi connectivity index (χ0) is 19.5. The molecule has 1 heterocycles. The fourth-order valence-corrected chi connectivity index (χ4v) is 3.08. The van der Waals surface area contributed by atoms with Gasteiger partial charge >= 0.3 is 6.18 Å². The van der Waals surface area contributed by atoms with E-state index in [0.717, 1.165) is 17.8 Å². The van der Waals surface area contributed by atoms with Gasteiger partial charge in [0, 0.05) is 19.0 Å². The summed E-state index contributed by atoms with van der Waals surface area (Å²) in [5.74, 6) is -1.59. The number of hydrogen-bond donors (Lipinski definition) is 3. The molecule has 0 aliphatic carbocycles. The highest BCUT2D eigenvalue weighted by molar-refractivity contribution is 8.15. The second-order valence-electron chi connectivity index (χ2n) is 5.13. The van der Waals surface area contributed by atoms with Crippen molar-refractivity contribution in [3.63, 3.8) is 0 Å². The van der Waals surface area contributed by atoms with Crippen molar-refractivity contribution < 1.29 is 27.6 Å². The van der Waals surface area contributed by atoms with E-state index in [0.29, 0.717) is 6.07 Å². The predicted octanol–water partition coefficient (Wildman–Crippen LogP) is 2.33. The first-order chi connectivity index (χ1) is 12.1. The maximum atomic E-state index is 12.8. The lowest BCUT2D eigenvalue weighted by molar-refractivity contribution is -0.137. The lowest BCUT2D eigenvalue weighted by atomic mass is 10.2. The molecule has 12 heteroatoms. The molecule has 1 aromatic rings. The molecule has 1 atom stereocenters. The Kier molecular flexibility index (Phi) is 6.13. The van der Waals surface area contributed by atoms with Gasteiger partial charge in [-0.25, -0.2) is 5.43 Å². The largest absolute Gasteiger partial charge is 0.417 e. The number of carbonyl (C=O) groups excluding carboxylic acids is 3. The first-order valence-corrected chi connectivity index (χ1v) is 8.30. The van der Waals surface area contributed by atoms with Crippen LogP contribution in [0.2, 0.25) is 5.02 Å². The van der Waals surface area contributed by atoms with Crippen LogP contribution in [-0.2, 0) is 20.6 Å². The average molecular weight is 409 g/mol. The minimum atomic E-state index is -4.66. The third-order valence-electron chi connectivity index (χ3n) is 3.02. The van der Waals surface area contributed by atoms with E-state index in [4.69, 9.17) is 11.6 Å². The van der Waals surface area contributed by atoms with Crippen LogP contribution in [0.5, 0.6) is 0 Å². The standard InChI is InChI=1S/C14H12ClF3N4O3S/c1-6(23)21-22-13-20-12(25)10(26-13)5-11(24)19-7-2-3-9(15)8(4-7)14(16,17)18/h2-4,10H,5H2,1H3,(H,19,24)(H,21,23)(H,20,22,25)/t10-/m0/s1. The topological polar surface area (TPSA) is 99.7 Å². The van der Waals surface area contributed by atoms with Gasteiger partial charge in [0.25, 0.3) is 0 Å². The zero-order valence-corrected chi connectivity index (χ0v) is 14.7. The second kappa shape index (κ2) is 7.96. The fourth-order valence-electron chi connectivity index (χ4n) is 1.92. The molecule has 1 aromatic carbocycles. The van der Waals surface area contributed by atoms with Gasteiger partial charge in [0.05, 0.1) is 10.6 Å². The predicted molar refractivity (Wildman–Crippen MR) is 90.5 cm³/mol. The van der Waals surface area contributed by atoms with Crippen molar-refractivity contribution >= 4 is 51.9 Å². The monoisotopic (exact) mass is 408 g/mol. The van der Waals surface area contributed by atoms with Gasteiger partial charge in [0.2, 0.25) is 17.7 Å². The third kappa shape index (κ3) is 5.36. The number of halogens is 4. The van der Waals surface area contributed by atoms with Crippen LogP contribution >= 0.6 is 23.4 Å². The SMILES string of the molecule is CC(=O)N/N=C1\NC(=O)[C@H](CC(=O)Nc2ccc(Cl)c(C(F)(F)F)c2)S1. The van der Waals surface area contributed by atoms with Crippen LogP contribution in [0, 0.1) is 0 Å². The summed E-state index contributed by atoms with van der Waals surface area (Å²) in [6.45, 7) is 1.23. The van der Waals surface area contributed by atoms with Crippen molar-refractivity contribution in [2.75, 3.05) is 5.32 Å². The van der Waals surface area contributed by atoms with Gasteiger partial charge in [-0.1, -0.05) is 23.4 Å². The maximum absolute atomic E-state index is 12.8. The van der Waals surface area contributed by atoms with Crippen LogP contribution in [0.15, 0.2) is 23.3 Å². The van der Waals surface area contributed by atoms with Gasteiger partial charge in [0.15, 0.2) is 5.17 Å². The van der Waals surface area contributed by atoms with Crippen LogP contribution in [0.4, 0.5) is 18.9 Å². The molecule has 0 saturated carbocycles. The summed E-state index contributed by atoms with van der Waals surface area (Å²) in [4.78, 5) is 34.6. The number of alkyl halides is 3. The van der Waals surface area contributed by atoms with Crippen molar-refractivity contribution in [2.24, 2.45) is 5.10 Å². The minimum Gasteiger partial charge on any atom is -0.326 e. The molecular formula is C14H12ClF3N4O3S. The van der Waals surface area contributed by atoms with Gasteiger partial charge in [-0.2, -0.15) is 13.2 Å². The molecular weight excluding hydrogens is 397 g/mol. The molecule has 2 rings (SSSR count). The van der Waals surface area contributed by atoms with Crippen molar-refractivity contribution in [3.05, 3.63) is 28.8 Å². The van der Waals surface area contributed by atoms with E-state index in [-0.39, 0.29) is 17.3 Å². The summed E-state index contributed by atoms with van der Waals surface area (Å²) < 4.78 is 38.5. The number of hydrazone groups is 1. The number of rotatable bonds is 4. The summed E-state index contributed by atoms with van der Waals surface area (Å²) in [5, 5.41) is 7.12. The molecule has 26 heavy (non-hydrogen) atoms. The number of nitrogens with zero attached hydrogens (tertiary/aromatic N) is 1. The first-order valence-electron chi connectivity index (χ1n) is 7.04. The van der Waals surface area contributed by atoms with E-state index >= 15 is 0 Å². The fraction of sp³-hybridized carbons (Fsp3) is 0.286. The van der Waals surface area contributed by atoms with E-state index in [1.807, 2.05) is 0 Å². The Labute approximate surface area is 154 Å². The molecule has 1 saturated heterocycles. The zero-order valence-electron chi connectivity index (χ0n) is 13.1. The Morgan fingerprint density at radius 2 is 2.08 bits per heavy atom. The molecule has 1 fully saturated rings. The van der Waals surface area contributed by atoms with Crippen LogP contribution in [0.3, 0.4) is 0 Å². The Hall–Kier alpha value is -2.27. The van der Waals surface area contributed by atoms with Gasteiger partial charge in [-0.05, 0) is 18.2 Å². The molecule has 7 nitrogen and oxygen atoms in total. The third-order valence-corrected chi connectivity index (χ3v) is 4.43. The summed E-state index contributed by atoms with van der Waals surface area (Å²) >= 11 is 6.43. The van der Waals surface area contributed by atoms with Crippen molar-refractivity contribution in [3.8, 4) is 0 Å². The average Bonchev–Trinajstić information content (AvgIpc) is 2.86. The Morgan fingerprint density at radius 1 is 1.38 bits per heavy atom. The molecule has 3 N–H and O–H groups in total. The number of carbonyl (C=O) groups is 3. The first kappa shape index (κ1) is 20.0. The molecule has 140 valence electrons. The van der Waals surface area contributed by atoms with Crippen LogP contribution in [0.1, 0.15) is 18.9 Å². The Morgan fingerprint density at radius 3 is 2.69 bits per heavy atom. The van der Waals surface area contributed by atoms with Crippen LogP contribution in [-0.4, -0.2) is 28.1 Å². The maximum Gasteiger partial charge on any atom is 0.417 e. The Bertz CT molecular complexity index is 785. The summed E-state index contributed by atoms with van der Waals surface area (Å²) in [6.07, 6.45) is -4.95. The van der Waals surface area contributed by atoms with Crippen LogP contribution in [0.25, 0.3) is 0 Å². The van der Waals surface area contributed by atoms with Crippen molar-refractivity contribution in [1.82, 2.24) is 10.7 Å². The number of hydrogen-bond acceptors (Lipinski definition) is 5. The minimum absolute atomic E-state index is 0.0951. The van der Waals surface area contributed by atoms with E-state index in [1.54, 1.807) is 0 Å². The molecule has 0 unspecified atom stereocenters. The van der Waals surface area contributed by atoms with E-state index < -0.39 is 39.7 Å². The smallest absolute Gasteiger partial charge is 0.326 e. The molecule has 1 aliphatic rings. The lowest BCUT2D eigenvalue weighted by Crippen LogP contribution is -2.29. The van der Waals surface area contributed by atoms with Gasteiger partial charge in [0.1, 0.15) is 5.25 Å². The summed E-state index contributed by atoms with van der Waals surface area (Å²) in [7, 11) is 0. The molecule has 0 bridgehead atoms. The number of nitrogens with one attached hydrogen (secondary N) is 3. The number of amidine groups is 1. The highest BCUT2D eigenvalue weighted by Crippen LogP contribution is 2.36. The van der Waals surface area contributed by atoms with Crippen molar-refractivity contribution in [2.45, 2.75) is 24.8 Å². The second-order valence-corrected chi connectivity index (χ2v) is 6.72. The van der Waals surface area contributed by atoms with E-state index in [1.165, 1.54) is 13.0 Å². The quantitative estimate of drug-likeness (QED) is 0.666. The van der Waals surface area contributed by atoms with Gasteiger partial charge in [-0.3, -0.25) is 14.4 Å².